The Morgan fingerprint density at radius 1 is 1.10 bits per heavy atom. The predicted molar refractivity (Wildman–Crippen MR) is 117 cm³/mol. The van der Waals surface area contributed by atoms with Crippen LogP contribution in [0.25, 0.3) is 16.5 Å². The number of carbonyl (C=O) groups is 2. The van der Waals surface area contributed by atoms with Crippen LogP contribution < -0.4 is 15.6 Å². The minimum Gasteiger partial charge on any atom is -0.494 e. The second-order valence-electron chi connectivity index (χ2n) is 6.25. The van der Waals surface area contributed by atoms with Gasteiger partial charge in [-0.25, -0.2) is 4.79 Å². The van der Waals surface area contributed by atoms with Crippen LogP contribution in [0, 0.1) is 0 Å². The smallest absolute Gasteiger partial charge is 0.359 e. The second kappa shape index (κ2) is 10.2. The fourth-order valence-electron chi connectivity index (χ4n) is 2.87. The molecule has 2 aromatic heterocycles. The molecule has 0 atom stereocenters. The first-order valence-electron chi connectivity index (χ1n) is 9.82. The third-order valence-corrected chi connectivity index (χ3v) is 5.10. The molecule has 0 aliphatic heterocycles. The molecule has 1 N–H and O–H groups in total. The van der Waals surface area contributed by atoms with Crippen molar-refractivity contribution in [1.29, 1.82) is 0 Å². The van der Waals surface area contributed by atoms with Crippen LogP contribution in [0.4, 0.5) is 5.00 Å². The molecule has 10 heteroatoms. The van der Waals surface area contributed by atoms with Gasteiger partial charge in [-0.05, 0) is 45.0 Å². The molecule has 0 aliphatic rings. The summed E-state index contributed by atoms with van der Waals surface area (Å²) in [6.07, 6.45) is 0. The van der Waals surface area contributed by atoms with Crippen molar-refractivity contribution in [3.63, 3.8) is 0 Å². The zero-order valence-electron chi connectivity index (χ0n) is 17.5. The minimum absolute atomic E-state index is 0.00751. The van der Waals surface area contributed by atoms with Gasteiger partial charge in [0.05, 0.1) is 24.3 Å². The van der Waals surface area contributed by atoms with Gasteiger partial charge >= 0.3 is 5.97 Å². The largest absolute Gasteiger partial charge is 0.494 e. The molecule has 9 nitrogen and oxygen atoms in total. The molecule has 0 fully saturated rings. The van der Waals surface area contributed by atoms with Gasteiger partial charge in [0.2, 0.25) is 0 Å². The van der Waals surface area contributed by atoms with E-state index in [-0.39, 0.29) is 24.3 Å². The minimum atomic E-state index is -0.655. The van der Waals surface area contributed by atoms with Gasteiger partial charge in [-0.1, -0.05) is 0 Å². The number of anilines is 1. The van der Waals surface area contributed by atoms with Crippen molar-refractivity contribution in [3.8, 4) is 11.4 Å². The number of amides is 1. The molecule has 0 bridgehead atoms. The van der Waals surface area contributed by atoms with Crippen molar-refractivity contribution >= 4 is 39.0 Å². The van der Waals surface area contributed by atoms with Crippen molar-refractivity contribution in [1.82, 2.24) is 9.78 Å². The summed E-state index contributed by atoms with van der Waals surface area (Å²) in [6, 6.07) is 6.75. The molecule has 31 heavy (non-hydrogen) atoms. The van der Waals surface area contributed by atoms with Gasteiger partial charge < -0.3 is 19.5 Å². The lowest BCUT2D eigenvalue weighted by Crippen LogP contribution is -2.26. The maximum absolute atomic E-state index is 13.3. The van der Waals surface area contributed by atoms with Gasteiger partial charge in [0.15, 0.2) is 5.69 Å². The monoisotopic (exact) mass is 445 g/mol. The molecule has 3 rings (SSSR count). The topological polar surface area (TPSA) is 109 Å². The summed E-state index contributed by atoms with van der Waals surface area (Å²) < 4.78 is 16.8. The Morgan fingerprint density at radius 3 is 2.48 bits per heavy atom. The average molecular weight is 445 g/mol. The zero-order chi connectivity index (χ0) is 22.4. The lowest BCUT2D eigenvalue weighted by atomic mass is 10.2. The van der Waals surface area contributed by atoms with E-state index < -0.39 is 17.4 Å². The number of rotatable bonds is 9. The summed E-state index contributed by atoms with van der Waals surface area (Å²) in [7, 11) is 0. The van der Waals surface area contributed by atoms with E-state index in [2.05, 4.69) is 10.4 Å². The predicted octanol–water partition coefficient (Wildman–Crippen LogP) is 3.00. The average Bonchev–Trinajstić information content (AvgIpc) is 3.17. The molecule has 0 radical (unpaired) electrons. The van der Waals surface area contributed by atoms with E-state index in [0.29, 0.717) is 35.0 Å². The highest BCUT2D eigenvalue weighted by Gasteiger charge is 2.23. The fourth-order valence-corrected chi connectivity index (χ4v) is 3.83. The van der Waals surface area contributed by atoms with Gasteiger partial charge in [-0.3, -0.25) is 9.59 Å². The number of benzene rings is 1. The lowest BCUT2D eigenvalue weighted by Gasteiger charge is -2.10. The second-order valence-corrected chi connectivity index (χ2v) is 7.13. The molecule has 0 saturated carbocycles. The van der Waals surface area contributed by atoms with Crippen molar-refractivity contribution in [2.75, 3.05) is 31.7 Å². The van der Waals surface area contributed by atoms with E-state index in [0.717, 1.165) is 16.0 Å². The molecule has 1 aromatic carbocycles. The van der Waals surface area contributed by atoms with E-state index in [1.54, 1.807) is 43.5 Å². The molecule has 1 amide bonds. The number of esters is 1. The van der Waals surface area contributed by atoms with Crippen LogP contribution in [-0.2, 0) is 14.3 Å². The van der Waals surface area contributed by atoms with E-state index >= 15 is 0 Å². The highest BCUT2D eigenvalue weighted by atomic mass is 32.1. The first-order valence-corrected chi connectivity index (χ1v) is 10.7. The van der Waals surface area contributed by atoms with E-state index in [9.17, 15) is 14.4 Å². The van der Waals surface area contributed by atoms with Gasteiger partial charge in [-0.15, -0.1) is 11.3 Å². The summed E-state index contributed by atoms with van der Waals surface area (Å²) in [5.74, 6) is -0.408. The summed E-state index contributed by atoms with van der Waals surface area (Å²) in [5.41, 5.74) is -0.0363. The van der Waals surface area contributed by atoms with Crippen LogP contribution in [0.1, 0.15) is 31.3 Å². The van der Waals surface area contributed by atoms with Crippen LogP contribution in [0.5, 0.6) is 5.75 Å². The van der Waals surface area contributed by atoms with Crippen LogP contribution in [-0.4, -0.2) is 48.1 Å². The standard InChI is InChI=1S/C21H23N3O6S/c1-4-28-11-16(25)22-19-17-15(12-31-19)18(21(27)30-6-3)23-24(20(17)26)13-7-9-14(10-8-13)29-5-2/h7-10,12H,4-6,11H2,1-3H3,(H,22,25). The van der Waals surface area contributed by atoms with E-state index in [4.69, 9.17) is 14.2 Å². The number of aromatic nitrogens is 2. The maximum Gasteiger partial charge on any atom is 0.359 e. The van der Waals surface area contributed by atoms with E-state index in [1.165, 1.54) is 0 Å². The highest BCUT2D eigenvalue weighted by Crippen LogP contribution is 2.30. The van der Waals surface area contributed by atoms with Gasteiger partial charge in [0, 0.05) is 17.4 Å². The number of hydrogen-bond donors (Lipinski definition) is 1. The molecule has 0 saturated heterocycles. The first-order chi connectivity index (χ1) is 15.0. The zero-order valence-corrected chi connectivity index (χ0v) is 18.3. The third-order valence-electron chi connectivity index (χ3n) is 4.20. The molecule has 0 aliphatic carbocycles. The van der Waals surface area contributed by atoms with Crippen molar-refractivity contribution < 1.29 is 23.8 Å². The number of ether oxygens (including phenoxy) is 3. The third kappa shape index (κ3) is 4.92. The molecular weight excluding hydrogens is 422 g/mol. The SMILES string of the molecule is CCOCC(=O)Nc1scc2c(C(=O)OCC)nn(-c3ccc(OCC)cc3)c(=O)c12. The molecule has 0 unspecified atom stereocenters. The number of fused-ring (bicyclic) bond motifs is 1. The van der Waals surface area contributed by atoms with Crippen molar-refractivity contribution in [3.05, 3.63) is 45.7 Å². The van der Waals surface area contributed by atoms with Crippen LogP contribution >= 0.6 is 11.3 Å². The summed E-state index contributed by atoms with van der Waals surface area (Å²) in [6.45, 7) is 6.25. The lowest BCUT2D eigenvalue weighted by molar-refractivity contribution is -0.120. The Balaban J connectivity index is 2.14. The first kappa shape index (κ1) is 22.4. The number of hydrogen-bond acceptors (Lipinski definition) is 8. The normalized spacial score (nSPS) is 10.8. The molecule has 3 aromatic rings. The summed E-state index contributed by atoms with van der Waals surface area (Å²) in [5, 5.41) is 9.38. The van der Waals surface area contributed by atoms with E-state index in [1.807, 2.05) is 6.92 Å². The van der Waals surface area contributed by atoms with Crippen molar-refractivity contribution in [2.45, 2.75) is 20.8 Å². The number of carbonyl (C=O) groups excluding carboxylic acids is 2. The fraction of sp³-hybridized carbons (Fsp3) is 0.333. The van der Waals surface area contributed by atoms with Crippen LogP contribution in [0.15, 0.2) is 34.4 Å². The summed E-state index contributed by atoms with van der Waals surface area (Å²) >= 11 is 1.13. The van der Waals surface area contributed by atoms with Gasteiger partial charge in [-0.2, -0.15) is 9.78 Å². The highest BCUT2D eigenvalue weighted by molar-refractivity contribution is 7.16. The Kier molecular flexibility index (Phi) is 7.37. The Morgan fingerprint density at radius 2 is 1.84 bits per heavy atom. The molecular formula is C21H23N3O6S. The number of nitrogens with one attached hydrogen (secondary N) is 1. The maximum atomic E-state index is 13.3. The molecule has 164 valence electrons. The van der Waals surface area contributed by atoms with Crippen molar-refractivity contribution in [2.24, 2.45) is 0 Å². The number of thiophene rings is 1. The Bertz CT molecular complexity index is 1140. The number of nitrogens with zero attached hydrogens (tertiary/aromatic N) is 2. The van der Waals surface area contributed by atoms with Gasteiger partial charge in [0.1, 0.15) is 17.4 Å². The molecule has 2 heterocycles. The Hall–Kier alpha value is -3.24. The molecule has 0 spiro atoms. The quantitative estimate of drug-likeness (QED) is 0.504. The van der Waals surface area contributed by atoms with Gasteiger partial charge in [0.25, 0.3) is 11.5 Å². The Labute approximate surface area is 182 Å². The summed E-state index contributed by atoms with van der Waals surface area (Å²) in [4.78, 5) is 38.0. The van der Waals surface area contributed by atoms with Crippen LogP contribution in [0.3, 0.4) is 0 Å². The van der Waals surface area contributed by atoms with Crippen LogP contribution in [0.2, 0.25) is 0 Å².